The number of non-ortho nitro benzene ring substituents is 1. The SMILES string of the molecule is COc1ccc(CN2S(=O)(=O)CC(c3ccc([N+](=O)[O-])cc3)CS2(=O)=O)cc1. The standard InChI is InChI=1S/C17H18N2O7S2/c1-26-17-8-2-13(3-9-17)10-18-27(22,23)11-15(12-28(18,24)25)14-4-6-16(7-5-14)19(20)21/h2-9,15H,10-12H2,1H3. The lowest BCUT2D eigenvalue weighted by atomic mass is 10.0. The minimum atomic E-state index is -4.09. The van der Waals surface area contributed by atoms with Gasteiger partial charge in [0.25, 0.3) is 5.69 Å². The Kier molecular flexibility index (Phi) is 5.41. The van der Waals surface area contributed by atoms with Crippen LogP contribution >= 0.6 is 0 Å². The van der Waals surface area contributed by atoms with Crippen molar-refractivity contribution in [1.82, 2.24) is 3.71 Å². The van der Waals surface area contributed by atoms with Crippen molar-refractivity contribution < 1.29 is 26.5 Å². The third-order valence-electron chi connectivity index (χ3n) is 4.49. The number of nitro groups is 1. The van der Waals surface area contributed by atoms with Gasteiger partial charge < -0.3 is 4.74 Å². The first kappa shape index (κ1) is 20.2. The molecule has 0 N–H and O–H groups in total. The lowest BCUT2D eigenvalue weighted by molar-refractivity contribution is -0.384. The topological polar surface area (TPSA) is 124 Å². The predicted molar refractivity (Wildman–Crippen MR) is 102 cm³/mol. The van der Waals surface area contributed by atoms with E-state index in [9.17, 15) is 26.9 Å². The number of ether oxygens (including phenoxy) is 1. The van der Waals surface area contributed by atoms with Gasteiger partial charge in [-0.15, -0.1) is 0 Å². The molecule has 9 nitrogen and oxygen atoms in total. The summed E-state index contributed by atoms with van der Waals surface area (Å²) in [5.41, 5.74) is 0.801. The molecule has 1 heterocycles. The minimum Gasteiger partial charge on any atom is -0.497 e. The Morgan fingerprint density at radius 2 is 1.54 bits per heavy atom. The summed E-state index contributed by atoms with van der Waals surface area (Å²) in [5.74, 6) is -0.991. The lowest BCUT2D eigenvalue weighted by Gasteiger charge is -2.31. The number of rotatable bonds is 5. The average molecular weight is 426 g/mol. The molecule has 0 bridgehead atoms. The molecule has 1 aliphatic rings. The van der Waals surface area contributed by atoms with Crippen LogP contribution in [0.15, 0.2) is 48.5 Å². The molecule has 1 aliphatic heterocycles. The molecule has 2 aromatic rings. The summed E-state index contributed by atoms with van der Waals surface area (Å²) in [6.07, 6.45) is 0. The van der Waals surface area contributed by atoms with Crippen molar-refractivity contribution in [1.29, 1.82) is 0 Å². The molecule has 0 spiro atoms. The Morgan fingerprint density at radius 1 is 1.00 bits per heavy atom. The third kappa shape index (κ3) is 4.16. The second-order valence-electron chi connectivity index (χ2n) is 6.38. The van der Waals surface area contributed by atoms with Crippen LogP contribution in [0, 0.1) is 10.1 Å². The fourth-order valence-electron chi connectivity index (χ4n) is 3.03. The van der Waals surface area contributed by atoms with Gasteiger partial charge in [0.05, 0.1) is 30.1 Å². The number of nitrogens with zero attached hydrogens (tertiary/aromatic N) is 2. The summed E-state index contributed by atoms with van der Waals surface area (Å²) < 4.78 is 56.4. The van der Waals surface area contributed by atoms with Crippen molar-refractivity contribution >= 4 is 25.7 Å². The zero-order valence-electron chi connectivity index (χ0n) is 14.9. The summed E-state index contributed by atoms with van der Waals surface area (Å²) in [6.45, 7) is -0.290. The van der Waals surface area contributed by atoms with E-state index in [2.05, 4.69) is 0 Å². The number of methoxy groups -OCH3 is 1. The molecule has 3 rings (SSSR count). The summed E-state index contributed by atoms with van der Waals surface area (Å²) >= 11 is 0. The van der Waals surface area contributed by atoms with Crippen LogP contribution in [-0.4, -0.2) is 44.1 Å². The number of hydrogen-bond donors (Lipinski definition) is 0. The van der Waals surface area contributed by atoms with Crippen molar-refractivity contribution in [3.63, 3.8) is 0 Å². The number of benzene rings is 2. The Labute approximate surface area is 162 Å². The first-order valence-corrected chi connectivity index (χ1v) is 11.4. The van der Waals surface area contributed by atoms with Crippen molar-refractivity contribution in [2.75, 3.05) is 18.6 Å². The Morgan fingerprint density at radius 3 is 2.00 bits per heavy atom. The van der Waals surface area contributed by atoms with E-state index in [0.29, 0.717) is 20.6 Å². The van der Waals surface area contributed by atoms with E-state index in [1.54, 1.807) is 24.3 Å². The van der Waals surface area contributed by atoms with Crippen LogP contribution in [0.4, 0.5) is 5.69 Å². The van der Waals surface area contributed by atoms with Crippen LogP contribution in [0.3, 0.4) is 0 Å². The molecule has 150 valence electrons. The predicted octanol–water partition coefficient (Wildman–Crippen LogP) is 1.86. The first-order chi connectivity index (χ1) is 13.1. The smallest absolute Gasteiger partial charge is 0.269 e. The minimum absolute atomic E-state index is 0.147. The van der Waals surface area contributed by atoms with Crippen LogP contribution in [-0.2, 0) is 26.6 Å². The van der Waals surface area contributed by atoms with Gasteiger partial charge in [-0.05, 0) is 23.3 Å². The molecule has 2 aromatic carbocycles. The second-order valence-corrected chi connectivity index (χ2v) is 10.5. The molecule has 11 heteroatoms. The molecule has 0 unspecified atom stereocenters. The monoisotopic (exact) mass is 426 g/mol. The fraction of sp³-hybridized carbons (Fsp3) is 0.294. The van der Waals surface area contributed by atoms with Crippen LogP contribution in [0.2, 0.25) is 0 Å². The van der Waals surface area contributed by atoms with Crippen LogP contribution in [0.25, 0.3) is 0 Å². The molecular formula is C17H18N2O7S2. The Bertz CT molecular complexity index is 1040. The van der Waals surface area contributed by atoms with Crippen molar-refractivity contribution in [2.24, 2.45) is 0 Å². The highest BCUT2D eigenvalue weighted by Gasteiger charge is 2.43. The van der Waals surface area contributed by atoms with Gasteiger partial charge in [-0.1, -0.05) is 28.0 Å². The van der Waals surface area contributed by atoms with E-state index in [1.165, 1.54) is 31.4 Å². The maximum Gasteiger partial charge on any atom is 0.269 e. The largest absolute Gasteiger partial charge is 0.497 e. The molecule has 1 fully saturated rings. The highest BCUT2D eigenvalue weighted by molar-refractivity contribution is 8.04. The number of sulfonamides is 2. The van der Waals surface area contributed by atoms with Gasteiger partial charge in [0.15, 0.2) is 0 Å². The highest BCUT2D eigenvalue weighted by Crippen LogP contribution is 2.31. The van der Waals surface area contributed by atoms with Crippen molar-refractivity contribution in [2.45, 2.75) is 12.5 Å². The van der Waals surface area contributed by atoms with E-state index in [-0.39, 0.29) is 23.7 Å². The van der Waals surface area contributed by atoms with Gasteiger partial charge in [0.2, 0.25) is 20.0 Å². The Balaban J connectivity index is 1.85. The first-order valence-electron chi connectivity index (χ1n) is 8.23. The van der Waals surface area contributed by atoms with Crippen molar-refractivity contribution in [3.8, 4) is 5.75 Å². The quantitative estimate of drug-likeness (QED) is 0.528. The van der Waals surface area contributed by atoms with E-state index in [1.807, 2.05) is 0 Å². The number of hydrogen-bond acceptors (Lipinski definition) is 7. The molecule has 1 saturated heterocycles. The van der Waals surface area contributed by atoms with Crippen LogP contribution in [0.5, 0.6) is 5.75 Å². The van der Waals surface area contributed by atoms with Crippen molar-refractivity contribution in [3.05, 3.63) is 69.8 Å². The van der Waals surface area contributed by atoms with Gasteiger partial charge in [-0.3, -0.25) is 10.1 Å². The normalized spacial score (nSPS) is 19.2. The van der Waals surface area contributed by atoms with E-state index < -0.39 is 30.9 Å². The zero-order valence-corrected chi connectivity index (χ0v) is 16.5. The van der Waals surface area contributed by atoms with Crippen LogP contribution in [0.1, 0.15) is 17.0 Å². The van der Waals surface area contributed by atoms with E-state index >= 15 is 0 Å². The molecule has 0 aliphatic carbocycles. The average Bonchev–Trinajstić information content (AvgIpc) is 2.64. The maximum atomic E-state index is 12.7. The lowest BCUT2D eigenvalue weighted by Crippen LogP contribution is -2.46. The fourth-order valence-corrected chi connectivity index (χ4v) is 7.59. The van der Waals surface area contributed by atoms with E-state index in [0.717, 1.165) is 0 Å². The molecule has 0 aromatic heterocycles. The summed E-state index contributed by atoms with van der Waals surface area (Å²) in [4.78, 5) is 10.2. The molecule has 28 heavy (non-hydrogen) atoms. The van der Waals surface area contributed by atoms with Gasteiger partial charge >= 0.3 is 0 Å². The second kappa shape index (κ2) is 7.49. The maximum absolute atomic E-state index is 12.7. The third-order valence-corrected chi connectivity index (χ3v) is 9.00. The molecule has 0 radical (unpaired) electrons. The van der Waals surface area contributed by atoms with Crippen LogP contribution < -0.4 is 4.74 Å². The Hall–Kier alpha value is -2.50. The zero-order chi connectivity index (χ0) is 20.5. The summed E-state index contributed by atoms with van der Waals surface area (Å²) in [6, 6.07) is 11.7. The molecule has 0 atom stereocenters. The molecule has 0 saturated carbocycles. The van der Waals surface area contributed by atoms with Gasteiger partial charge in [0.1, 0.15) is 5.75 Å². The number of nitro benzene ring substituents is 1. The highest BCUT2D eigenvalue weighted by atomic mass is 32.3. The summed E-state index contributed by atoms with van der Waals surface area (Å²) in [5, 5.41) is 10.8. The van der Waals surface area contributed by atoms with Gasteiger partial charge in [0, 0.05) is 18.1 Å². The summed E-state index contributed by atoms with van der Waals surface area (Å²) in [7, 11) is -6.68. The van der Waals surface area contributed by atoms with Gasteiger partial charge in [-0.2, -0.15) is 0 Å². The molecular weight excluding hydrogens is 408 g/mol. The molecule has 0 amide bonds. The van der Waals surface area contributed by atoms with E-state index in [4.69, 9.17) is 4.74 Å². The van der Waals surface area contributed by atoms with Gasteiger partial charge in [-0.25, -0.2) is 16.8 Å².